The van der Waals surface area contributed by atoms with Crippen molar-refractivity contribution in [3.8, 4) is 11.5 Å². The number of nitrogens with one attached hydrogen (secondary N) is 1. The van der Waals surface area contributed by atoms with E-state index in [1.165, 1.54) is 38.9 Å². The summed E-state index contributed by atoms with van der Waals surface area (Å²) in [6.07, 6.45) is 4.60. The van der Waals surface area contributed by atoms with Crippen molar-refractivity contribution in [2.75, 3.05) is 44.7 Å². The standard InChI is InChI=1S/C21H34N4O2/c1-16(2)6-9-25-10-7-17(8-11-25)15-23-21(22)24-18-4-5-19-20(14-18)27-13-3-12-26-19/h4-5,14,16-17H,3,6-13,15H2,1-2H3,(H3,22,23,24). The maximum Gasteiger partial charge on any atom is 0.193 e. The number of nitrogens with zero attached hydrogens (tertiary/aromatic N) is 2. The molecular formula is C21H34N4O2. The topological polar surface area (TPSA) is 72.1 Å². The number of ether oxygens (including phenoxy) is 2. The predicted molar refractivity (Wildman–Crippen MR) is 111 cm³/mol. The number of aliphatic imine (C=N–C) groups is 1. The number of piperidine rings is 1. The molecule has 1 saturated heterocycles. The van der Waals surface area contributed by atoms with Crippen LogP contribution in [0.15, 0.2) is 23.2 Å². The van der Waals surface area contributed by atoms with Gasteiger partial charge in [0.2, 0.25) is 0 Å². The zero-order valence-corrected chi connectivity index (χ0v) is 16.7. The Kier molecular flexibility index (Phi) is 7.21. The number of hydrogen-bond acceptors (Lipinski definition) is 4. The van der Waals surface area contributed by atoms with Crippen LogP contribution in [0.2, 0.25) is 0 Å². The van der Waals surface area contributed by atoms with Crippen molar-refractivity contribution in [2.24, 2.45) is 22.6 Å². The minimum Gasteiger partial charge on any atom is -0.490 e. The van der Waals surface area contributed by atoms with Gasteiger partial charge in [-0.3, -0.25) is 4.99 Å². The van der Waals surface area contributed by atoms with E-state index in [2.05, 4.69) is 29.1 Å². The highest BCUT2D eigenvalue weighted by Gasteiger charge is 2.19. The Hall–Kier alpha value is -1.95. The van der Waals surface area contributed by atoms with Crippen molar-refractivity contribution < 1.29 is 9.47 Å². The van der Waals surface area contributed by atoms with Crippen molar-refractivity contribution in [2.45, 2.75) is 39.5 Å². The SMILES string of the molecule is CC(C)CCN1CCC(CN=C(N)Nc2ccc3c(c2)OCCCO3)CC1. The second-order valence-corrected chi connectivity index (χ2v) is 8.03. The van der Waals surface area contributed by atoms with E-state index < -0.39 is 0 Å². The lowest BCUT2D eigenvalue weighted by molar-refractivity contribution is 0.180. The second-order valence-electron chi connectivity index (χ2n) is 8.03. The lowest BCUT2D eigenvalue weighted by atomic mass is 9.96. The molecule has 0 aliphatic carbocycles. The molecule has 6 heteroatoms. The Morgan fingerprint density at radius 1 is 1.22 bits per heavy atom. The van der Waals surface area contributed by atoms with Gasteiger partial charge in [-0.25, -0.2) is 0 Å². The number of likely N-dealkylation sites (tertiary alicyclic amines) is 1. The first kappa shape index (κ1) is 19.8. The lowest BCUT2D eigenvalue weighted by Gasteiger charge is -2.31. The molecule has 0 spiro atoms. The molecule has 1 aromatic rings. The van der Waals surface area contributed by atoms with Crippen LogP contribution < -0.4 is 20.5 Å². The van der Waals surface area contributed by atoms with Gasteiger partial charge in [0.15, 0.2) is 17.5 Å². The van der Waals surface area contributed by atoms with Gasteiger partial charge in [0.25, 0.3) is 0 Å². The molecule has 1 fully saturated rings. The van der Waals surface area contributed by atoms with Gasteiger partial charge in [-0.15, -0.1) is 0 Å². The maximum absolute atomic E-state index is 6.09. The zero-order valence-electron chi connectivity index (χ0n) is 16.7. The van der Waals surface area contributed by atoms with E-state index in [0.29, 0.717) is 25.1 Å². The highest BCUT2D eigenvalue weighted by Crippen LogP contribution is 2.32. The highest BCUT2D eigenvalue weighted by atomic mass is 16.5. The molecule has 6 nitrogen and oxygen atoms in total. The summed E-state index contributed by atoms with van der Waals surface area (Å²) in [5.41, 5.74) is 6.97. The molecule has 27 heavy (non-hydrogen) atoms. The molecule has 3 N–H and O–H groups in total. The second kappa shape index (κ2) is 9.83. The van der Waals surface area contributed by atoms with Crippen molar-refractivity contribution in [1.82, 2.24) is 4.90 Å². The van der Waals surface area contributed by atoms with Crippen LogP contribution in [0.3, 0.4) is 0 Å². The molecular weight excluding hydrogens is 340 g/mol. The summed E-state index contributed by atoms with van der Waals surface area (Å²) >= 11 is 0. The normalized spacial score (nSPS) is 19.1. The molecule has 2 aliphatic heterocycles. The highest BCUT2D eigenvalue weighted by molar-refractivity contribution is 5.92. The summed E-state index contributed by atoms with van der Waals surface area (Å²) < 4.78 is 11.4. The molecule has 2 heterocycles. The van der Waals surface area contributed by atoms with Crippen LogP contribution in [0.25, 0.3) is 0 Å². The zero-order chi connectivity index (χ0) is 19.1. The third kappa shape index (κ3) is 6.31. The minimum absolute atomic E-state index is 0.465. The third-order valence-corrected chi connectivity index (χ3v) is 5.27. The van der Waals surface area contributed by atoms with Crippen molar-refractivity contribution in [3.63, 3.8) is 0 Å². The largest absolute Gasteiger partial charge is 0.490 e. The number of rotatable bonds is 6. The Labute approximate surface area is 163 Å². The van der Waals surface area contributed by atoms with Crippen LogP contribution in [0.5, 0.6) is 11.5 Å². The fourth-order valence-electron chi connectivity index (χ4n) is 3.49. The first-order chi connectivity index (χ1) is 13.1. The number of anilines is 1. The van der Waals surface area contributed by atoms with Gasteiger partial charge >= 0.3 is 0 Å². The van der Waals surface area contributed by atoms with Gasteiger partial charge in [0.05, 0.1) is 13.2 Å². The molecule has 0 radical (unpaired) electrons. The molecule has 0 atom stereocenters. The number of guanidine groups is 1. The lowest BCUT2D eigenvalue weighted by Crippen LogP contribution is -2.36. The summed E-state index contributed by atoms with van der Waals surface area (Å²) in [5, 5.41) is 3.18. The average molecular weight is 375 g/mol. The van der Waals surface area contributed by atoms with E-state index in [9.17, 15) is 0 Å². The van der Waals surface area contributed by atoms with Crippen molar-refractivity contribution in [1.29, 1.82) is 0 Å². The van der Waals surface area contributed by atoms with Gasteiger partial charge < -0.3 is 25.4 Å². The van der Waals surface area contributed by atoms with E-state index >= 15 is 0 Å². The van der Waals surface area contributed by atoms with Crippen molar-refractivity contribution in [3.05, 3.63) is 18.2 Å². The van der Waals surface area contributed by atoms with E-state index in [-0.39, 0.29) is 0 Å². The van der Waals surface area contributed by atoms with Crippen LogP contribution in [0, 0.1) is 11.8 Å². The van der Waals surface area contributed by atoms with E-state index in [4.69, 9.17) is 15.2 Å². The fraction of sp³-hybridized carbons (Fsp3) is 0.667. The van der Waals surface area contributed by atoms with E-state index in [1.54, 1.807) is 0 Å². The Morgan fingerprint density at radius 2 is 1.96 bits per heavy atom. The van der Waals surface area contributed by atoms with Crippen molar-refractivity contribution >= 4 is 11.6 Å². The van der Waals surface area contributed by atoms with Gasteiger partial charge in [-0.05, 0) is 62.9 Å². The van der Waals surface area contributed by atoms with E-state index in [0.717, 1.165) is 36.1 Å². The van der Waals surface area contributed by atoms with Gasteiger partial charge in [-0.2, -0.15) is 0 Å². The molecule has 0 amide bonds. The van der Waals surface area contributed by atoms with Crippen LogP contribution in [0.1, 0.15) is 39.5 Å². The average Bonchev–Trinajstić information content (AvgIpc) is 2.90. The van der Waals surface area contributed by atoms with Gasteiger partial charge in [0.1, 0.15) is 0 Å². The molecule has 2 aliphatic rings. The monoisotopic (exact) mass is 374 g/mol. The first-order valence-corrected chi connectivity index (χ1v) is 10.3. The Bertz CT molecular complexity index is 625. The number of hydrogen-bond donors (Lipinski definition) is 2. The first-order valence-electron chi connectivity index (χ1n) is 10.3. The number of fused-ring (bicyclic) bond motifs is 1. The van der Waals surface area contributed by atoms with Gasteiger partial charge in [-0.1, -0.05) is 13.8 Å². The van der Waals surface area contributed by atoms with Crippen LogP contribution in [-0.4, -0.2) is 50.3 Å². The Balaban J connectivity index is 1.44. The third-order valence-electron chi connectivity index (χ3n) is 5.27. The molecule has 0 aromatic heterocycles. The van der Waals surface area contributed by atoms with Crippen LogP contribution in [0.4, 0.5) is 5.69 Å². The summed E-state index contributed by atoms with van der Waals surface area (Å²) in [4.78, 5) is 7.15. The summed E-state index contributed by atoms with van der Waals surface area (Å²) in [5.74, 6) is 3.43. The molecule has 0 unspecified atom stereocenters. The van der Waals surface area contributed by atoms with E-state index in [1.807, 2.05) is 18.2 Å². The minimum atomic E-state index is 0.465. The molecule has 1 aromatic carbocycles. The summed E-state index contributed by atoms with van der Waals surface area (Å²) in [7, 11) is 0. The Morgan fingerprint density at radius 3 is 2.70 bits per heavy atom. The quantitative estimate of drug-likeness (QED) is 0.590. The maximum atomic E-state index is 6.09. The molecule has 150 valence electrons. The summed E-state index contributed by atoms with van der Waals surface area (Å²) in [6, 6.07) is 5.79. The smallest absolute Gasteiger partial charge is 0.193 e. The van der Waals surface area contributed by atoms with Gasteiger partial charge in [0, 0.05) is 24.7 Å². The summed E-state index contributed by atoms with van der Waals surface area (Å²) in [6.45, 7) is 10.3. The molecule has 0 saturated carbocycles. The number of benzene rings is 1. The predicted octanol–water partition coefficient (Wildman–Crippen LogP) is 3.33. The van der Waals surface area contributed by atoms with Crippen LogP contribution >= 0.6 is 0 Å². The fourth-order valence-corrected chi connectivity index (χ4v) is 3.49. The number of nitrogens with two attached hydrogens (primary N) is 1. The molecule has 3 rings (SSSR count). The van der Waals surface area contributed by atoms with Crippen LogP contribution in [-0.2, 0) is 0 Å². The molecule has 0 bridgehead atoms.